The number of aliphatic hydroxyl groups excluding tert-OH is 1. The molecule has 0 fully saturated rings. The Morgan fingerprint density at radius 3 is 2.33 bits per heavy atom. The SMILES string of the molecule is C.Cc1nn(C)c(NCCCN2C=CN(CCO)C2)c1N.Cl.Cl.[Cl-]. The van der Waals surface area contributed by atoms with Gasteiger partial charge in [-0.25, -0.2) is 0 Å². The maximum atomic E-state index is 8.88. The minimum absolute atomic E-state index is 0. The number of aliphatic hydroxyl groups is 1. The number of halogens is 3. The molecule has 1 aliphatic rings. The molecule has 0 saturated carbocycles. The predicted octanol–water partition coefficient (Wildman–Crippen LogP) is -1.36. The fourth-order valence-electron chi connectivity index (χ4n) is 2.31. The highest BCUT2D eigenvalue weighted by atomic mass is 35.5. The summed E-state index contributed by atoms with van der Waals surface area (Å²) in [5, 5.41) is 16.5. The third-order valence-corrected chi connectivity index (χ3v) is 3.42. The average Bonchev–Trinajstić information content (AvgIpc) is 2.94. The second kappa shape index (κ2) is 13.3. The van der Waals surface area contributed by atoms with E-state index in [2.05, 4.69) is 26.4 Å². The van der Waals surface area contributed by atoms with E-state index in [0.29, 0.717) is 6.54 Å². The summed E-state index contributed by atoms with van der Waals surface area (Å²) in [7, 11) is 1.89. The first-order valence-corrected chi connectivity index (χ1v) is 6.92. The van der Waals surface area contributed by atoms with Crippen molar-refractivity contribution in [3.05, 3.63) is 18.1 Å². The van der Waals surface area contributed by atoms with Gasteiger partial charge in [-0.2, -0.15) is 5.10 Å². The Morgan fingerprint density at radius 1 is 1.25 bits per heavy atom. The Balaban J connectivity index is -0.00000110. The largest absolute Gasteiger partial charge is 1.00 e. The first-order chi connectivity index (χ1) is 9.61. The highest BCUT2D eigenvalue weighted by Crippen LogP contribution is 2.20. The van der Waals surface area contributed by atoms with Crippen LogP contribution in [0.4, 0.5) is 11.5 Å². The summed E-state index contributed by atoms with van der Waals surface area (Å²) < 4.78 is 1.78. The normalized spacial score (nSPS) is 12.0. The van der Waals surface area contributed by atoms with E-state index < -0.39 is 0 Å². The van der Waals surface area contributed by atoms with Crippen molar-refractivity contribution in [2.45, 2.75) is 20.8 Å². The van der Waals surface area contributed by atoms with Gasteiger partial charge in [0, 0.05) is 39.1 Å². The molecule has 0 atom stereocenters. The van der Waals surface area contributed by atoms with E-state index in [1.807, 2.05) is 20.2 Å². The molecule has 0 unspecified atom stereocenters. The van der Waals surface area contributed by atoms with Gasteiger partial charge >= 0.3 is 0 Å². The minimum Gasteiger partial charge on any atom is -1.00 e. The Hall–Kier alpha value is -1.02. The molecule has 1 aromatic heterocycles. The van der Waals surface area contributed by atoms with E-state index in [1.165, 1.54) is 0 Å². The summed E-state index contributed by atoms with van der Waals surface area (Å²) in [4.78, 5) is 4.32. The lowest BCUT2D eigenvalue weighted by Crippen LogP contribution is -3.00. The fraction of sp³-hybridized carbons (Fsp3) is 0.643. The quantitative estimate of drug-likeness (QED) is 0.487. The third-order valence-electron chi connectivity index (χ3n) is 3.42. The molecule has 0 amide bonds. The molecule has 1 aromatic rings. The van der Waals surface area contributed by atoms with Crippen molar-refractivity contribution in [3.63, 3.8) is 0 Å². The topological polar surface area (TPSA) is 82.6 Å². The molecule has 0 saturated heterocycles. The van der Waals surface area contributed by atoms with Crippen LogP contribution in [0.3, 0.4) is 0 Å². The second-order valence-corrected chi connectivity index (χ2v) is 5.04. The van der Waals surface area contributed by atoms with E-state index in [9.17, 15) is 0 Å². The molecule has 0 aromatic carbocycles. The molecular formula is C14H30Cl3N6O-. The zero-order valence-electron chi connectivity index (χ0n) is 13.4. The van der Waals surface area contributed by atoms with Crippen molar-refractivity contribution in [3.8, 4) is 0 Å². The Morgan fingerprint density at radius 2 is 1.83 bits per heavy atom. The number of hydrogen-bond acceptors (Lipinski definition) is 6. The van der Waals surface area contributed by atoms with Crippen LogP contribution in [-0.4, -0.2) is 57.6 Å². The lowest BCUT2D eigenvalue weighted by atomic mass is 10.3. The average molecular weight is 405 g/mol. The van der Waals surface area contributed by atoms with Crippen LogP contribution in [0, 0.1) is 6.92 Å². The number of nitrogens with two attached hydrogens (primary N) is 1. The van der Waals surface area contributed by atoms with Gasteiger partial charge < -0.3 is 38.4 Å². The van der Waals surface area contributed by atoms with Crippen molar-refractivity contribution < 1.29 is 17.5 Å². The molecule has 0 radical (unpaired) electrons. The van der Waals surface area contributed by atoms with Crippen LogP contribution in [-0.2, 0) is 7.05 Å². The standard InChI is InChI=1S/C13H24N6O.CH4.3ClH/c1-11-12(14)13(17(2)16-11)15-4-3-5-18-6-7-19(10-18)8-9-20;;;;/h6-7,15,20H,3-5,8-10,14H2,1-2H3;1H4;3*1H/p-1. The summed E-state index contributed by atoms with van der Waals surface area (Å²) in [6.45, 7) is 5.48. The first kappa shape index (κ1) is 27.8. The molecule has 1 aliphatic heterocycles. The number of aryl methyl sites for hydroxylation is 2. The van der Waals surface area contributed by atoms with Gasteiger partial charge in [0.05, 0.1) is 24.7 Å². The molecule has 0 aliphatic carbocycles. The van der Waals surface area contributed by atoms with Gasteiger partial charge in [-0.15, -0.1) is 24.8 Å². The summed E-state index contributed by atoms with van der Waals surface area (Å²) in [6, 6.07) is 0. The van der Waals surface area contributed by atoms with Crippen LogP contribution in [0.1, 0.15) is 19.5 Å². The minimum atomic E-state index is 0. The van der Waals surface area contributed by atoms with E-state index in [4.69, 9.17) is 10.8 Å². The van der Waals surface area contributed by atoms with Crippen molar-refractivity contribution in [1.29, 1.82) is 0 Å². The molecule has 2 heterocycles. The third kappa shape index (κ3) is 7.25. The zero-order chi connectivity index (χ0) is 14.5. The molecule has 2 rings (SSSR count). The molecule has 10 heteroatoms. The number of aromatic nitrogens is 2. The Bertz CT molecular complexity index is 483. The highest BCUT2D eigenvalue weighted by molar-refractivity contribution is 5.85. The second-order valence-electron chi connectivity index (χ2n) is 5.04. The summed E-state index contributed by atoms with van der Waals surface area (Å²) in [5.74, 6) is 0.890. The van der Waals surface area contributed by atoms with Crippen LogP contribution in [0.15, 0.2) is 12.4 Å². The fourth-order valence-corrected chi connectivity index (χ4v) is 2.31. The summed E-state index contributed by atoms with van der Waals surface area (Å²) >= 11 is 0. The smallest absolute Gasteiger partial charge is 0.147 e. The molecule has 0 spiro atoms. The van der Waals surface area contributed by atoms with Crippen molar-refractivity contribution in [1.82, 2.24) is 19.6 Å². The van der Waals surface area contributed by atoms with Gasteiger partial charge in [0.1, 0.15) is 5.82 Å². The van der Waals surface area contributed by atoms with E-state index in [-0.39, 0.29) is 51.3 Å². The van der Waals surface area contributed by atoms with Crippen molar-refractivity contribution in [2.24, 2.45) is 7.05 Å². The van der Waals surface area contributed by atoms with Gasteiger partial charge in [0.25, 0.3) is 0 Å². The number of nitrogens with one attached hydrogen (secondary N) is 1. The monoisotopic (exact) mass is 403 g/mol. The Kier molecular flexibility index (Phi) is 15.4. The van der Waals surface area contributed by atoms with Gasteiger partial charge in [0.15, 0.2) is 0 Å². The number of rotatable bonds is 7. The maximum Gasteiger partial charge on any atom is 0.147 e. The molecule has 0 bridgehead atoms. The lowest BCUT2D eigenvalue weighted by molar-refractivity contribution is -0.00000624. The van der Waals surface area contributed by atoms with Crippen LogP contribution in [0.25, 0.3) is 0 Å². The van der Waals surface area contributed by atoms with Crippen LogP contribution < -0.4 is 23.5 Å². The summed E-state index contributed by atoms with van der Waals surface area (Å²) in [5.41, 5.74) is 7.54. The highest BCUT2D eigenvalue weighted by Gasteiger charge is 2.12. The van der Waals surface area contributed by atoms with E-state index in [0.717, 1.165) is 43.4 Å². The predicted molar refractivity (Wildman–Crippen MR) is 101 cm³/mol. The van der Waals surface area contributed by atoms with Gasteiger partial charge in [-0.05, 0) is 13.3 Å². The maximum absolute atomic E-state index is 8.88. The van der Waals surface area contributed by atoms with Gasteiger partial charge in [-0.3, -0.25) is 4.68 Å². The molecular weight excluding hydrogens is 375 g/mol. The van der Waals surface area contributed by atoms with Gasteiger partial charge in [0.2, 0.25) is 0 Å². The van der Waals surface area contributed by atoms with E-state index in [1.54, 1.807) is 4.68 Å². The van der Waals surface area contributed by atoms with E-state index >= 15 is 0 Å². The van der Waals surface area contributed by atoms with Crippen molar-refractivity contribution >= 4 is 36.3 Å². The Labute approximate surface area is 163 Å². The van der Waals surface area contributed by atoms with Crippen LogP contribution in [0.5, 0.6) is 0 Å². The van der Waals surface area contributed by atoms with Gasteiger partial charge in [-0.1, -0.05) is 7.43 Å². The van der Waals surface area contributed by atoms with Crippen molar-refractivity contribution in [2.75, 3.05) is 44.0 Å². The molecule has 24 heavy (non-hydrogen) atoms. The number of nitrogens with zero attached hydrogens (tertiary/aromatic N) is 4. The number of nitrogen functional groups attached to an aromatic ring is 1. The zero-order valence-corrected chi connectivity index (χ0v) is 15.8. The first-order valence-electron chi connectivity index (χ1n) is 6.92. The summed E-state index contributed by atoms with van der Waals surface area (Å²) in [6.07, 6.45) is 5.10. The molecule has 144 valence electrons. The number of anilines is 2. The van der Waals surface area contributed by atoms with Crippen LogP contribution in [0.2, 0.25) is 0 Å². The number of hydrogen-bond donors (Lipinski definition) is 3. The lowest BCUT2D eigenvalue weighted by Gasteiger charge is -2.20. The molecule has 4 N–H and O–H groups in total. The van der Waals surface area contributed by atoms with Crippen LogP contribution >= 0.6 is 24.8 Å². The molecule has 7 nitrogen and oxygen atoms in total. The number of β-amino-alcohol motifs (C(OH)–C–C–N with tert-alkyl or cyclic N) is 1.